The van der Waals surface area contributed by atoms with Gasteiger partial charge in [0.15, 0.2) is 9.84 Å². The summed E-state index contributed by atoms with van der Waals surface area (Å²) in [4.78, 5) is 12.4. The van der Waals surface area contributed by atoms with Crippen molar-refractivity contribution in [1.29, 1.82) is 0 Å². The van der Waals surface area contributed by atoms with Gasteiger partial charge in [-0.1, -0.05) is 6.07 Å². The highest BCUT2D eigenvalue weighted by molar-refractivity contribution is 7.92. The third-order valence-corrected chi connectivity index (χ3v) is 7.88. The lowest BCUT2D eigenvalue weighted by Crippen LogP contribution is -2.35. The minimum atomic E-state index is -3.18. The first-order chi connectivity index (χ1) is 11.5. The molecule has 0 spiro atoms. The van der Waals surface area contributed by atoms with Gasteiger partial charge in [-0.2, -0.15) is 0 Å². The number of benzene rings is 1. The van der Waals surface area contributed by atoms with Crippen LogP contribution < -0.4 is 0 Å². The molecule has 1 aromatic carbocycles. The fraction of sp³-hybridized carbons (Fsp3) is 0.632. The van der Waals surface area contributed by atoms with E-state index in [0.29, 0.717) is 25.7 Å². The number of rotatable bonds is 5. The van der Waals surface area contributed by atoms with Gasteiger partial charge in [0.05, 0.1) is 10.5 Å². The summed E-state index contributed by atoms with van der Waals surface area (Å²) in [5.41, 5.74) is -0.176. The number of halogens is 2. The summed E-state index contributed by atoms with van der Waals surface area (Å²) in [6, 6.07) is 3.58. The number of hydrogen-bond acceptors (Lipinski definition) is 3. The van der Waals surface area contributed by atoms with E-state index in [0.717, 1.165) is 12.1 Å². The van der Waals surface area contributed by atoms with Crippen molar-refractivity contribution in [2.24, 2.45) is 11.8 Å². The Morgan fingerprint density at radius 3 is 2.08 bits per heavy atom. The molecule has 0 saturated heterocycles. The molecule has 0 amide bonds. The Kier molecular flexibility index (Phi) is 6.02. The maximum absolute atomic E-state index is 13.7. The molecule has 140 valence electrons. The molecule has 0 heterocycles. The number of carbonyl (C=O) groups excluding carboxylic acids is 1. The summed E-state index contributed by atoms with van der Waals surface area (Å²) in [5.74, 6) is -1.61. The van der Waals surface area contributed by atoms with Crippen molar-refractivity contribution in [2.75, 3.05) is 5.75 Å². The molecule has 0 aromatic heterocycles. The molecule has 0 aliphatic heterocycles. The quantitative estimate of drug-likeness (QED) is 0.782. The van der Waals surface area contributed by atoms with E-state index >= 15 is 0 Å². The van der Waals surface area contributed by atoms with Crippen molar-refractivity contribution < 1.29 is 22.0 Å². The molecule has 0 radical (unpaired) electrons. The molecular weight excluding hydrogens is 346 g/mol. The molecule has 1 fully saturated rings. The van der Waals surface area contributed by atoms with Crippen molar-refractivity contribution in [3.05, 3.63) is 35.4 Å². The van der Waals surface area contributed by atoms with Crippen LogP contribution in [0.1, 0.15) is 52.0 Å². The summed E-state index contributed by atoms with van der Waals surface area (Å²) >= 11 is 0. The molecule has 25 heavy (non-hydrogen) atoms. The molecular formula is C19H26F2O3S. The normalized spacial score (nSPS) is 22.0. The number of Topliss-reactive ketones (excluding diaryl/α,β-unsaturated/α-hetero) is 1. The summed E-state index contributed by atoms with van der Waals surface area (Å²) in [5, 5.41) is 0. The molecule has 1 aliphatic carbocycles. The summed E-state index contributed by atoms with van der Waals surface area (Å²) < 4.78 is 51.2. The van der Waals surface area contributed by atoms with Gasteiger partial charge in [0, 0.05) is 17.9 Å². The zero-order chi connectivity index (χ0) is 18.8. The Labute approximate surface area is 148 Å². The van der Waals surface area contributed by atoms with E-state index < -0.39 is 26.2 Å². The van der Waals surface area contributed by atoms with E-state index in [2.05, 4.69) is 0 Å². The minimum Gasteiger partial charge on any atom is -0.299 e. The number of ketones is 1. The lowest BCUT2D eigenvalue weighted by Gasteiger charge is -2.30. The van der Waals surface area contributed by atoms with Crippen LogP contribution in [-0.2, 0) is 21.1 Å². The van der Waals surface area contributed by atoms with Gasteiger partial charge >= 0.3 is 0 Å². The fourth-order valence-electron chi connectivity index (χ4n) is 3.23. The molecule has 0 atom stereocenters. The van der Waals surface area contributed by atoms with Crippen LogP contribution in [0.2, 0.25) is 0 Å². The lowest BCUT2D eigenvalue weighted by molar-refractivity contribution is -0.123. The molecule has 0 bridgehead atoms. The first-order valence-corrected chi connectivity index (χ1v) is 10.3. The molecule has 0 N–H and O–H groups in total. The summed E-state index contributed by atoms with van der Waals surface area (Å²) in [6.45, 7) is 5.08. The van der Waals surface area contributed by atoms with Crippen molar-refractivity contribution >= 4 is 15.6 Å². The van der Waals surface area contributed by atoms with Gasteiger partial charge in [-0.05, 0) is 64.5 Å². The average molecular weight is 372 g/mol. The highest BCUT2D eigenvalue weighted by Gasteiger charge is 2.34. The molecule has 0 unspecified atom stereocenters. The van der Waals surface area contributed by atoms with Crippen molar-refractivity contribution in [3.63, 3.8) is 0 Å². The van der Waals surface area contributed by atoms with Gasteiger partial charge in [-0.15, -0.1) is 0 Å². The third kappa shape index (κ3) is 4.87. The van der Waals surface area contributed by atoms with Gasteiger partial charge in [-0.25, -0.2) is 17.2 Å². The van der Waals surface area contributed by atoms with Crippen LogP contribution in [0.3, 0.4) is 0 Å². The predicted molar refractivity (Wildman–Crippen MR) is 94.1 cm³/mol. The molecule has 1 aromatic rings. The number of carbonyl (C=O) groups is 1. The first-order valence-electron chi connectivity index (χ1n) is 8.69. The smallest absolute Gasteiger partial charge is 0.155 e. The van der Waals surface area contributed by atoms with Crippen LogP contribution in [0, 0.1) is 23.5 Å². The SMILES string of the molecule is CC(C)(C)S(=O)(=O)CC1CCC(C(=O)Cc2c(F)cccc2F)CC1. The fourth-order valence-corrected chi connectivity index (χ4v) is 4.69. The Hall–Kier alpha value is -1.30. The Morgan fingerprint density at radius 1 is 1.08 bits per heavy atom. The van der Waals surface area contributed by atoms with E-state index in [-0.39, 0.29) is 35.4 Å². The highest BCUT2D eigenvalue weighted by atomic mass is 32.2. The molecule has 6 heteroatoms. The molecule has 1 saturated carbocycles. The maximum Gasteiger partial charge on any atom is 0.155 e. The second-order valence-electron chi connectivity index (χ2n) is 7.95. The molecule has 3 nitrogen and oxygen atoms in total. The van der Waals surface area contributed by atoms with Crippen LogP contribution in [0.15, 0.2) is 18.2 Å². The zero-order valence-electron chi connectivity index (χ0n) is 15.0. The second kappa shape index (κ2) is 7.52. The topological polar surface area (TPSA) is 51.2 Å². The van der Waals surface area contributed by atoms with Crippen LogP contribution in [0.25, 0.3) is 0 Å². The van der Waals surface area contributed by atoms with Crippen LogP contribution in [-0.4, -0.2) is 24.7 Å². The number of hydrogen-bond donors (Lipinski definition) is 0. The number of sulfone groups is 1. The van der Waals surface area contributed by atoms with E-state index in [1.165, 1.54) is 6.07 Å². The van der Waals surface area contributed by atoms with Gasteiger partial charge in [0.2, 0.25) is 0 Å². The predicted octanol–water partition coefficient (Wildman–Crippen LogP) is 4.10. The summed E-state index contributed by atoms with van der Waals surface area (Å²) in [6.07, 6.45) is 2.24. The first kappa shape index (κ1) is 20.0. The summed E-state index contributed by atoms with van der Waals surface area (Å²) in [7, 11) is -3.18. The Balaban J connectivity index is 1.93. The largest absolute Gasteiger partial charge is 0.299 e. The van der Waals surface area contributed by atoms with Crippen molar-refractivity contribution in [2.45, 2.75) is 57.6 Å². The van der Waals surface area contributed by atoms with Crippen molar-refractivity contribution in [3.8, 4) is 0 Å². The second-order valence-corrected chi connectivity index (χ2v) is 10.7. The Morgan fingerprint density at radius 2 is 1.60 bits per heavy atom. The highest BCUT2D eigenvalue weighted by Crippen LogP contribution is 2.33. The van der Waals surface area contributed by atoms with Gasteiger partial charge in [-0.3, -0.25) is 4.79 Å². The minimum absolute atomic E-state index is 0.0541. The van der Waals surface area contributed by atoms with Crippen LogP contribution in [0.5, 0.6) is 0 Å². The van der Waals surface area contributed by atoms with E-state index in [4.69, 9.17) is 0 Å². The van der Waals surface area contributed by atoms with E-state index in [1.54, 1.807) is 20.8 Å². The van der Waals surface area contributed by atoms with Gasteiger partial charge in [0.1, 0.15) is 17.4 Å². The standard InChI is InChI=1S/C19H26F2O3S/c1-19(2,3)25(23,24)12-13-7-9-14(10-8-13)18(22)11-15-16(20)5-4-6-17(15)21/h4-6,13-14H,7-12H2,1-3H3. The lowest BCUT2D eigenvalue weighted by atomic mass is 9.79. The van der Waals surface area contributed by atoms with Crippen LogP contribution in [0.4, 0.5) is 8.78 Å². The zero-order valence-corrected chi connectivity index (χ0v) is 15.8. The molecule has 2 rings (SSSR count). The van der Waals surface area contributed by atoms with E-state index in [1.807, 2.05) is 0 Å². The third-order valence-electron chi connectivity index (χ3n) is 5.10. The van der Waals surface area contributed by atoms with E-state index in [9.17, 15) is 22.0 Å². The van der Waals surface area contributed by atoms with Gasteiger partial charge < -0.3 is 0 Å². The van der Waals surface area contributed by atoms with Gasteiger partial charge in [0.25, 0.3) is 0 Å². The van der Waals surface area contributed by atoms with Crippen molar-refractivity contribution in [1.82, 2.24) is 0 Å². The maximum atomic E-state index is 13.7. The average Bonchev–Trinajstić information content (AvgIpc) is 2.50. The molecule has 1 aliphatic rings. The Bertz CT molecular complexity index is 707. The van der Waals surface area contributed by atoms with Crippen LogP contribution >= 0.6 is 0 Å². The monoisotopic (exact) mass is 372 g/mol.